The second-order valence-corrected chi connectivity index (χ2v) is 8.84. The van der Waals surface area contributed by atoms with Gasteiger partial charge in [0, 0.05) is 50.0 Å². The van der Waals surface area contributed by atoms with E-state index in [0.29, 0.717) is 49.9 Å². The molecule has 0 bridgehead atoms. The molecule has 4 heterocycles. The van der Waals surface area contributed by atoms with Gasteiger partial charge in [0.05, 0.1) is 23.4 Å². The maximum atomic E-state index is 15.1. The van der Waals surface area contributed by atoms with E-state index < -0.39 is 23.6 Å². The van der Waals surface area contributed by atoms with E-state index in [2.05, 4.69) is 34.9 Å². The first-order valence-electron chi connectivity index (χ1n) is 11.5. The Kier molecular flexibility index (Phi) is 6.32. The fourth-order valence-corrected chi connectivity index (χ4v) is 4.78. The van der Waals surface area contributed by atoms with E-state index in [1.165, 1.54) is 18.5 Å². The Morgan fingerprint density at radius 3 is 2.46 bits per heavy atom. The third kappa shape index (κ3) is 4.67. The summed E-state index contributed by atoms with van der Waals surface area (Å²) in [5.74, 6) is -0.178. The Morgan fingerprint density at radius 1 is 1.06 bits per heavy atom. The third-order valence-electron chi connectivity index (χ3n) is 6.77. The quantitative estimate of drug-likeness (QED) is 0.513. The number of likely N-dealkylation sites (tertiary alicyclic amines) is 1. The Bertz CT molecular complexity index is 1150. The molecule has 1 unspecified atom stereocenters. The number of hydrogen-bond acceptors (Lipinski definition) is 7. The second-order valence-electron chi connectivity index (χ2n) is 8.84. The second kappa shape index (κ2) is 9.42. The van der Waals surface area contributed by atoms with Crippen LogP contribution in [-0.4, -0.2) is 75.8 Å². The number of halogens is 4. The van der Waals surface area contributed by atoms with Crippen LogP contribution < -0.4 is 10.6 Å². The van der Waals surface area contributed by atoms with Crippen LogP contribution in [0.2, 0.25) is 0 Å². The molecule has 2 aliphatic rings. The Labute approximate surface area is 199 Å². The molecule has 186 valence electrons. The molecule has 0 aliphatic carbocycles. The van der Waals surface area contributed by atoms with Gasteiger partial charge in [-0.1, -0.05) is 12.1 Å². The van der Waals surface area contributed by atoms with Crippen molar-refractivity contribution in [1.82, 2.24) is 30.0 Å². The monoisotopic (exact) mass is 490 g/mol. The van der Waals surface area contributed by atoms with Gasteiger partial charge in [0.25, 0.3) is 0 Å². The first-order valence-corrected chi connectivity index (χ1v) is 11.5. The molecule has 2 fully saturated rings. The first-order chi connectivity index (χ1) is 16.8. The van der Waals surface area contributed by atoms with Crippen LogP contribution in [0.4, 0.5) is 29.2 Å². The molecule has 0 spiro atoms. The molecule has 2 aliphatic heterocycles. The molecular weight excluding hydrogens is 464 g/mol. The van der Waals surface area contributed by atoms with Gasteiger partial charge < -0.3 is 15.5 Å². The zero-order valence-corrected chi connectivity index (χ0v) is 19.0. The fraction of sp³-hybridized carbons (Fsp3) is 0.435. The summed E-state index contributed by atoms with van der Waals surface area (Å²) >= 11 is 0. The van der Waals surface area contributed by atoms with Crippen molar-refractivity contribution in [2.24, 2.45) is 0 Å². The Hall–Kier alpha value is -3.25. The number of H-pyrrole nitrogens is 1. The SMILES string of the molecule is Nc1ncnc(N2CCN(C(CN3CCC3)c3cccc(C(F)(F)F)c3F)CC2)c1-c1cn[nH]c1. The van der Waals surface area contributed by atoms with E-state index in [9.17, 15) is 13.2 Å². The smallest absolute Gasteiger partial charge is 0.383 e. The van der Waals surface area contributed by atoms with E-state index >= 15 is 4.39 Å². The van der Waals surface area contributed by atoms with Gasteiger partial charge in [-0.2, -0.15) is 18.3 Å². The van der Waals surface area contributed by atoms with Crippen molar-refractivity contribution in [2.75, 3.05) is 56.4 Å². The number of nitrogens with zero attached hydrogens (tertiary/aromatic N) is 6. The molecule has 0 saturated carbocycles. The van der Waals surface area contributed by atoms with Crippen molar-refractivity contribution in [3.8, 4) is 11.1 Å². The number of hydrogen-bond donors (Lipinski definition) is 2. The van der Waals surface area contributed by atoms with Crippen LogP contribution >= 0.6 is 0 Å². The van der Waals surface area contributed by atoms with Crippen molar-refractivity contribution in [1.29, 1.82) is 0 Å². The summed E-state index contributed by atoms with van der Waals surface area (Å²) in [4.78, 5) is 14.8. The fourth-order valence-electron chi connectivity index (χ4n) is 4.78. The van der Waals surface area contributed by atoms with Crippen LogP contribution in [0.1, 0.15) is 23.6 Å². The van der Waals surface area contributed by atoms with Crippen molar-refractivity contribution >= 4 is 11.6 Å². The largest absolute Gasteiger partial charge is 0.419 e. The van der Waals surface area contributed by atoms with E-state index in [4.69, 9.17) is 5.73 Å². The maximum absolute atomic E-state index is 15.1. The van der Waals surface area contributed by atoms with Crippen LogP contribution in [0.15, 0.2) is 36.9 Å². The molecule has 1 aromatic carbocycles. The van der Waals surface area contributed by atoms with Gasteiger partial charge in [-0.3, -0.25) is 10.00 Å². The molecule has 2 aromatic heterocycles. The van der Waals surface area contributed by atoms with Crippen LogP contribution in [-0.2, 0) is 6.18 Å². The highest BCUT2D eigenvalue weighted by atomic mass is 19.4. The first kappa shape index (κ1) is 23.5. The minimum atomic E-state index is -4.74. The van der Waals surface area contributed by atoms with Gasteiger partial charge in [0.2, 0.25) is 0 Å². The maximum Gasteiger partial charge on any atom is 0.419 e. The molecule has 3 aromatic rings. The average Bonchev–Trinajstić information content (AvgIpc) is 3.33. The number of nitrogen functional groups attached to an aromatic ring is 1. The number of rotatable bonds is 6. The number of nitrogens with one attached hydrogen (secondary N) is 1. The van der Waals surface area contributed by atoms with Gasteiger partial charge in [0.1, 0.15) is 23.8 Å². The minimum absolute atomic E-state index is 0.0885. The van der Waals surface area contributed by atoms with E-state index in [0.717, 1.165) is 31.1 Å². The molecule has 0 amide bonds. The normalized spacial score (nSPS) is 18.5. The Morgan fingerprint density at radius 2 is 1.83 bits per heavy atom. The van der Waals surface area contributed by atoms with Crippen molar-refractivity contribution in [2.45, 2.75) is 18.6 Å². The average molecular weight is 491 g/mol. The molecule has 12 heteroatoms. The summed E-state index contributed by atoms with van der Waals surface area (Å²) in [6.07, 6.45) is 1.07. The number of anilines is 2. The molecular formula is C23H26F4N8. The van der Waals surface area contributed by atoms with Gasteiger partial charge in [-0.25, -0.2) is 14.4 Å². The Balaban J connectivity index is 1.40. The predicted molar refractivity (Wildman–Crippen MR) is 123 cm³/mol. The summed E-state index contributed by atoms with van der Waals surface area (Å²) in [7, 11) is 0. The summed E-state index contributed by atoms with van der Waals surface area (Å²) in [5.41, 5.74) is 6.46. The van der Waals surface area contributed by atoms with Crippen LogP contribution in [0, 0.1) is 5.82 Å². The molecule has 3 N–H and O–H groups in total. The van der Waals surface area contributed by atoms with Gasteiger partial charge in [-0.15, -0.1) is 0 Å². The standard InChI is InChI=1S/C23H26F4N8/c24-20-16(3-1-4-17(20)23(25,26)27)18(13-33-5-2-6-33)34-7-9-35(10-8-34)22-19(15-11-31-32-12-15)21(28)29-14-30-22/h1,3-4,11-12,14,18H,2,5-10,13H2,(H,31,32)(H2,28,29,30). The number of aromatic nitrogens is 4. The number of aromatic amines is 1. The van der Waals surface area contributed by atoms with Crippen LogP contribution in [0.25, 0.3) is 11.1 Å². The van der Waals surface area contributed by atoms with Gasteiger partial charge in [0.15, 0.2) is 0 Å². The van der Waals surface area contributed by atoms with Crippen molar-refractivity contribution in [3.05, 3.63) is 53.9 Å². The predicted octanol–water partition coefficient (Wildman–Crippen LogP) is 3.18. The zero-order valence-electron chi connectivity index (χ0n) is 19.0. The highest BCUT2D eigenvalue weighted by Crippen LogP contribution is 2.37. The minimum Gasteiger partial charge on any atom is -0.383 e. The van der Waals surface area contributed by atoms with Gasteiger partial charge >= 0.3 is 6.18 Å². The molecule has 5 rings (SSSR count). The van der Waals surface area contributed by atoms with E-state index in [-0.39, 0.29) is 5.56 Å². The number of piperazine rings is 1. The summed E-state index contributed by atoms with van der Waals surface area (Å²) in [6.45, 7) is 4.39. The lowest BCUT2D eigenvalue weighted by atomic mass is 9.98. The molecule has 35 heavy (non-hydrogen) atoms. The lowest BCUT2D eigenvalue weighted by Gasteiger charge is -2.43. The van der Waals surface area contributed by atoms with Crippen molar-refractivity contribution < 1.29 is 17.6 Å². The molecule has 0 radical (unpaired) electrons. The summed E-state index contributed by atoms with van der Waals surface area (Å²) in [5, 5.41) is 6.75. The number of benzene rings is 1. The third-order valence-corrected chi connectivity index (χ3v) is 6.77. The lowest BCUT2D eigenvalue weighted by Crippen LogP contribution is -2.51. The van der Waals surface area contributed by atoms with E-state index in [1.807, 2.05) is 0 Å². The summed E-state index contributed by atoms with van der Waals surface area (Å²) < 4.78 is 55.3. The van der Waals surface area contributed by atoms with Crippen molar-refractivity contribution in [3.63, 3.8) is 0 Å². The molecule has 8 nitrogen and oxygen atoms in total. The number of alkyl halides is 3. The highest BCUT2D eigenvalue weighted by Gasteiger charge is 2.38. The van der Waals surface area contributed by atoms with E-state index in [1.54, 1.807) is 12.4 Å². The van der Waals surface area contributed by atoms with Crippen LogP contribution in [0.5, 0.6) is 0 Å². The van der Waals surface area contributed by atoms with Crippen LogP contribution in [0.3, 0.4) is 0 Å². The molecule has 1 atom stereocenters. The molecule has 2 saturated heterocycles. The highest BCUT2D eigenvalue weighted by molar-refractivity contribution is 5.83. The zero-order chi connectivity index (χ0) is 24.6. The van der Waals surface area contributed by atoms with Gasteiger partial charge in [-0.05, 0) is 25.6 Å². The summed E-state index contributed by atoms with van der Waals surface area (Å²) in [6, 6.07) is 3.09. The topological polar surface area (TPSA) is 90.2 Å². The lowest BCUT2D eigenvalue weighted by molar-refractivity contribution is -0.140. The number of nitrogens with two attached hydrogens (primary N) is 1.